The zero-order valence-corrected chi connectivity index (χ0v) is 12.5. The largest absolute Gasteiger partial charge is 0.402 e. The second kappa shape index (κ2) is 5.95. The summed E-state index contributed by atoms with van der Waals surface area (Å²) >= 11 is 1.52. The quantitative estimate of drug-likeness (QED) is 0.699. The Labute approximate surface area is 131 Å². The Balaban J connectivity index is 1.83. The number of benzene rings is 1. The predicted octanol–water partition coefficient (Wildman–Crippen LogP) is 3.05. The maximum Gasteiger partial charge on any atom is 0.363 e. The van der Waals surface area contributed by atoms with E-state index in [0.717, 1.165) is 4.88 Å². The molecule has 1 aliphatic heterocycles. The van der Waals surface area contributed by atoms with E-state index in [2.05, 4.69) is 10.3 Å². The lowest BCUT2D eigenvalue weighted by Gasteiger charge is -2.03. The van der Waals surface area contributed by atoms with Crippen LogP contribution in [0.25, 0.3) is 6.08 Å². The van der Waals surface area contributed by atoms with Crippen LogP contribution in [-0.2, 0) is 14.3 Å². The molecule has 1 amide bonds. The highest BCUT2D eigenvalue weighted by Gasteiger charge is 2.24. The summed E-state index contributed by atoms with van der Waals surface area (Å²) in [6, 6.07) is 10.8. The number of carbonyl (C=O) groups is 2. The number of anilines is 1. The fourth-order valence-corrected chi connectivity index (χ4v) is 2.59. The first-order valence-electron chi connectivity index (χ1n) is 6.56. The molecular weight excluding hydrogens is 300 g/mol. The highest BCUT2D eigenvalue weighted by Crippen LogP contribution is 2.21. The van der Waals surface area contributed by atoms with Crippen LogP contribution in [-0.4, -0.2) is 17.8 Å². The summed E-state index contributed by atoms with van der Waals surface area (Å²) in [5, 5.41) is 4.60. The van der Waals surface area contributed by atoms with Crippen LogP contribution in [0.3, 0.4) is 0 Å². The van der Waals surface area contributed by atoms with Crippen molar-refractivity contribution in [3.05, 3.63) is 57.9 Å². The van der Waals surface area contributed by atoms with Gasteiger partial charge in [-0.1, -0.05) is 6.07 Å². The summed E-state index contributed by atoms with van der Waals surface area (Å²) in [6.45, 7) is 1.44. The average Bonchev–Trinajstić information content (AvgIpc) is 3.10. The second-order valence-electron chi connectivity index (χ2n) is 4.61. The third-order valence-corrected chi connectivity index (χ3v) is 3.71. The third kappa shape index (κ3) is 3.12. The minimum Gasteiger partial charge on any atom is -0.402 e. The lowest BCUT2D eigenvalue weighted by atomic mass is 10.2. The number of hydrogen-bond acceptors (Lipinski definition) is 5. The maximum absolute atomic E-state index is 11.8. The molecule has 0 atom stereocenters. The fraction of sp³-hybridized carbons (Fsp3) is 0.0625. The summed E-state index contributed by atoms with van der Waals surface area (Å²) in [5.41, 5.74) is 1.64. The van der Waals surface area contributed by atoms with E-state index in [1.54, 1.807) is 30.3 Å². The van der Waals surface area contributed by atoms with Gasteiger partial charge >= 0.3 is 5.97 Å². The van der Waals surface area contributed by atoms with Crippen LogP contribution in [0, 0.1) is 0 Å². The second-order valence-corrected chi connectivity index (χ2v) is 5.59. The van der Waals surface area contributed by atoms with E-state index in [9.17, 15) is 9.59 Å². The van der Waals surface area contributed by atoms with Gasteiger partial charge in [0.05, 0.1) is 0 Å². The SMILES string of the molecule is CC(=O)Nc1ccc(C2=NC(=Cc3cccs3)C(=O)O2)cc1. The van der Waals surface area contributed by atoms with Gasteiger partial charge in [0.1, 0.15) is 0 Å². The third-order valence-electron chi connectivity index (χ3n) is 2.89. The van der Waals surface area contributed by atoms with Crippen LogP contribution in [0.1, 0.15) is 17.4 Å². The molecule has 0 saturated carbocycles. The summed E-state index contributed by atoms with van der Waals surface area (Å²) < 4.78 is 5.19. The van der Waals surface area contributed by atoms with Crippen molar-refractivity contribution in [3.8, 4) is 0 Å². The van der Waals surface area contributed by atoms with E-state index in [1.165, 1.54) is 18.3 Å². The minimum absolute atomic E-state index is 0.140. The van der Waals surface area contributed by atoms with E-state index >= 15 is 0 Å². The van der Waals surface area contributed by atoms with Gasteiger partial charge in [-0.15, -0.1) is 11.3 Å². The zero-order chi connectivity index (χ0) is 15.5. The first kappa shape index (κ1) is 14.2. The Hall–Kier alpha value is -2.73. The van der Waals surface area contributed by atoms with Gasteiger partial charge in [0.2, 0.25) is 11.8 Å². The van der Waals surface area contributed by atoms with Gasteiger partial charge in [0, 0.05) is 23.1 Å². The Morgan fingerprint density at radius 1 is 1.27 bits per heavy atom. The van der Waals surface area contributed by atoms with Crippen LogP contribution in [0.15, 0.2) is 52.5 Å². The molecule has 0 saturated heterocycles. The summed E-state index contributed by atoms with van der Waals surface area (Å²) in [7, 11) is 0. The van der Waals surface area contributed by atoms with Crippen molar-refractivity contribution in [3.63, 3.8) is 0 Å². The molecule has 1 aromatic carbocycles. The molecule has 0 fully saturated rings. The van der Waals surface area contributed by atoms with E-state index in [4.69, 9.17) is 4.74 Å². The number of aliphatic imine (C=N–C) groups is 1. The molecule has 0 spiro atoms. The summed E-state index contributed by atoms with van der Waals surface area (Å²) in [6.07, 6.45) is 1.70. The van der Waals surface area contributed by atoms with E-state index in [0.29, 0.717) is 11.3 Å². The van der Waals surface area contributed by atoms with Crippen molar-refractivity contribution in [2.24, 2.45) is 4.99 Å². The van der Waals surface area contributed by atoms with Crippen molar-refractivity contribution < 1.29 is 14.3 Å². The number of nitrogens with zero attached hydrogens (tertiary/aromatic N) is 1. The molecular formula is C16H12N2O3S. The Bertz CT molecular complexity index is 774. The highest BCUT2D eigenvalue weighted by molar-refractivity contribution is 7.10. The van der Waals surface area contributed by atoms with Crippen molar-refractivity contribution in [1.82, 2.24) is 0 Å². The van der Waals surface area contributed by atoms with Crippen molar-refractivity contribution in [2.75, 3.05) is 5.32 Å². The van der Waals surface area contributed by atoms with E-state index in [1.807, 2.05) is 17.5 Å². The molecule has 0 radical (unpaired) electrons. The van der Waals surface area contributed by atoms with Crippen molar-refractivity contribution in [2.45, 2.75) is 6.92 Å². The molecule has 110 valence electrons. The van der Waals surface area contributed by atoms with Gasteiger partial charge in [-0.25, -0.2) is 9.79 Å². The number of rotatable bonds is 3. The van der Waals surface area contributed by atoms with E-state index in [-0.39, 0.29) is 17.5 Å². The van der Waals surface area contributed by atoms with Gasteiger partial charge in [-0.2, -0.15) is 0 Å². The summed E-state index contributed by atoms with van der Waals surface area (Å²) in [4.78, 5) is 28.0. The van der Waals surface area contributed by atoms with Crippen LogP contribution in [0.5, 0.6) is 0 Å². The molecule has 2 aromatic rings. The first-order chi connectivity index (χ1) is 10.6. The number of cyclic esters (lactones) is 1. The molecule has 1 N–H and O–H groups in total. The normalized spacial score (nSPS) is 15.6. The van der Waals surface area contributed by atoms with Gasteiger partial charge in [0.25, 0.3) is 0 Å². The molecule has 5 nitrogen and oxygen atoms in total. The highest BCUT2D eigenvalue weighted by atomic mass is 32.1. The van der Waals surface area contributed by atoms with Crippen molar-refractivity contribution >= 4 is 40.9 Å². The summed E-state index contributed by atoms with van der Waals surface area (Å²) in [5.74, 6) is -0.338. The number of carbonyl (C=O) groups excluding carboxylic acids is 2. The number of ether oxygens (including phenoxy) is 1. The van der Waals surface area contributed by atoms with Crippen LogP contribution in [0.2, 0.25) is 0 Å². The van der Waals surface area contributed by atoms with Crippen LogP contribution in [0.4, 0.5) is 5.69 Å². The molecule has 1 aromatic heterocycles. The molecule has 22 heavy (non-hydrogen) atoms. The number of amides is 1. The van der Waals surface area contributed by atoms with E-state index < -0.39 is 5.97 Å². The predicted molar refractivity (Wildman–Crippen MR) is 85.7 cm³/mol. The number of nitrogens with one attached hydrogen (secondary N) is 1. The smallest absolute Gasteiger partial charge is 0.363 e. The molecule has 3 rings (SSSR count). The fourth-order valence-electron chi connectivity index (χ4n) is 1.94. The van der Waals surface area contributed by atoms with Gasteiger partial charge < -0.3 is 10.1 Å². The van der Waals surface area contributed by atoms with Crippen LogP contribution < -0.4 is 5.32 Å². The molecule has 6 heteroatoms. The zero-order valence-electron chi connectivity index (χ0n) is 11.7. The molecule has 0 unspecified atom stereocenters. The monoisotopic (exact) mass is 312 g/mol. The van der Waals surface area contributed by atoms with Gasteiger partial charge in [-0.05, 0) is 41.8 Å². The Morgan fingerprint density at radius 3 is 2.68 bits per heavy atom. The van der Waals surface area contributed by atoms with Crippen molar-refractivity contribution in [1.29, 1.82) is 0 Å². The minimum atomic E-state index is -0.464. The standard InChI is InChI=1S/C16H12N2O3S/c1-10(19)17-12-6-4-11(5-7-12)15-18-14(16(20)21-15)9-13-3-2-8-22-13/h2-9H,1H3,(H,17,19). The molecule has 1 aliphatic rings. The number of esters is 1. The Kier molecular flexibility index (Phi) is 3.84. The number of thiophene rings is 1. The first-order valence-corrected chi connectivity index (χ1v) is 7.44. The maximum atomic E-state index is 11.8. The van der Waals surface area contributed by atoms with Crippen LogP contribution >= 0.6 is 11.3 Å². The Morgan fingerprint density at radius 2 is 2.05 bits per heavy atom. The molecule has 0 aliphatic carbocycles. The average molecular weight is 312 g/mol. The number of hydrogen-bond donors (Lipinski definition) is 1. The van der Waals surface area contributed by atoms with Gasteiger partial charge in [0.15, 0.2) is 5.70 Å². The lowest BCUT2D eigenvalue weighted by Crippen LogP contribution is -2.07. The lowest BCUT2D eigenvalue weighted by molar-refractivity contribution is -0.129. The topological polar surface area (TPSA) is 67.8 Å². The van der Waals surface area contributed by atoms with Gasteiger partial charge in [-0.3, -0.25) is 4.79 Å². The molecule has 0 bridgehead atoms. The molecule has 2 heterocycles.